The highest BCUT2D eigenvalue weighted by molar-refractivity contribution is 5.26. The van der Waals surface area contributed by atoms with Crippen LogP contribution in [-0.2, 0) is 4.74 Å². The van der Waals surface area contributed by atoms with Crippen LogP contribution in [0.4, 0.5) is 5.95 Å². The zero-order valence-electron chi connectivity index (χ0n) is 9.23. The van der Waals surface area contributed by atoms with Crippen LogP contribution in [0.15, 0.2) is 12.3 Å². The summed E-state index contributed by atoms with van der Waals surface area (Å²) in [6.45, 7) is 4.95. The van der Waals surface area contributed by atoms with Crippen molar-refractivity contribution in [3.05, 3.63) is 18.0 Å². The van der Waals surface area contributed by atoms with Crippen LogP contribution in [0.2, 0.25) is 0 Å². The first kappa shape index (κ1) is 10.4. The second-order valence-corrected chi connectivity index (χ2v) is 4.01. The minimum atomic E-state index is 0.272. The van der Waals surface area contributed by atoms with Gasteiger partial charge < -0.3 is 10.1 Å². The van der Waals surface area contributed by atoms with E-state index in [4.69, 9.17) is 4.74 Å². The monoisotopic (exact) mass is 207 g/mol. The van der Waals surface area contributed by atoms with E-state index in [1.54, 1.807) is 6.20 Å². The van der Waals surface area contributed by atoms with Crippen LogP contribution in [0.1, 0.15) is 25.5 Å². The maximum absolute atomic E-state index is 5.60. The molecular formula is C11H17N3O. The highest BCUT2D eigenvalue weighted by atomic mass is 16.5. The SMILES string of the molecule is Cc1ccnc(NC(C)C2CCCO2)n1. The van der Waals surface area contributed by atoms with Gasteiger partial charge in [0.15, 0.2) is 0 Å². The molecule has 0 saturated carbocycles. The summed E-state index contributed by atoms with van der Waals surface area (Å²) in [4.78, 5) is 8.48. The van der Waals surface area contributed by atoms with Crippen molar-refractivity contribution in [3.8, 4) is 0 Å². The molecule has 1 N–H and O–H groups in total. The van der Waals surface area contributed by atoms with Crippen LogP contribution >= 0.6 is 0 Å². The lowest BCUT2D eigenvalue weighted by atomic mass is 10.1. The number of hydrogen-bond donors (Lipinski definition) is 1. The van der Waals surface area contributed by atoms with Gasteiger partial charge in [-0.05, 0) is 32.8 Å². The van der Waals surface area contributed by atoms with Crippen LogP contribution in [-0.4, -0.2) is 28.7 Å². The van der Waals surface area contributed by atoms with Gasteiger partial charge in [-0.1, -0.05) is 0 Å². The van der Waals surface area contributed by atoms with Gasteiger partial charge in [-0.25, -0.2) is 9.97 Å². The molecule has 1 aliphatic heterocycles. The molecule has 0 bridgehead atoms. The van der Waals surface area contributed by atoms with Gasteiger partial charge >= 0.3 is 0 Å². The zero-order chi connectivity index (χ0) is 10.7. The molecule has 0 spiro atoms. The van der Waals surface area contributed by atoms with Gasteiger partial charge in [-0.15, -0.1) is 0 Å². The fourth-order valence-electron chi connectivity index (χ4n) is 1.81. The number of rotatable bonds is 3. The molecule has 1 aromatic rings. The van der Waals surface area contributed by atoms with Gasteiger partial charge in [0.1, 0.15) is 0 Å². The summed E-state index contributed by atoms with van der Waals surface area (Å²) in [5, 5.41) is 3.28. The van der Waals surface area contributed by atoms with Crippen LogP contribution < -0.4 is 5.32 Å². The Kier molecular flexibility index (Phi) is 3.16. The van der Waals surface area contributed by atoms with Crippen molar-refractivity contribution in [3.63, 3.8) is 0 Å². The van der Waals surface area contributed by atoms with Crippen molar-refractivity contribution >= 4 is 5.95 Å². The van der Waals surface area contributed by atoms with Crippen molar-refractivity contribution in [2.24, 2.45) is 0 Å². The molecular weight excluding hydrogens is 190 g/mol. The summed E-state index contributed by atoms with van der Waals surface area (Å²) >= 11 is 0. The minimum Gasteiger partial charge on any atom is -0.376 e. The summed E-state index contributed by atoms with van der Waals surface area (Å²) in [7, 11) is 0. The first-order valence-electron chi connectivity index (χ1n) is 5.43. The van der Waals surface area contributed by atoms with Crippen molar-refractivity contribution in [2.75, 3.05) is 11.9 Å². The molecule has 1 aliphatic rings. The second kappa shape index (κ2) is 4.57. The normalized spacial score (nSPS) is 22.7. The molecule has 2 heterocycles. The number of anilines is 1. The predicted octanol–water partition coefficient (Wildman–Crippen LogP) is 1.76. The quantitative estimate of drug-likeness (QED) is 0.820. The molecule has 4 heteroatoms. The first-order chi connectivity index (χ1) is 7.25. The molecule has 2 unspecified atom stereocenters. The lowest BCUT2D eigenvalue weighted by Gasteiger charge is -2.19. The predicted molar refractivity (Wildman–Crippen MR) is 58.8 cm³/mol. The maximum Gasteiger partial charge on any atom is 0.223 e. The molecule has 4 nitrogen and oxygen atoms in total. The van der Waals surface area contributed by atoms with E-state index in [9.17, 15) is 0 Å². The van der Waals surface area contributed by atoms with E-state index in [0.717, 1.165) is 25.1 Å². The zero-order valence-corrected chi connectivity index (χ0v) is 9.23. The van der Waals surface area contributed by atoms with Crippen molar-refractivity contribution in [2.45, 2.75) is 38.8 Å². The summed E-state index contributed by atoms with van der Waals surface area (Å²) < 4.78 is 5.60. The lowest BCUT2D eigenvalue weighted by molar-refractivity contribution is 0.0994. The fraction of sp³-hybridized carbons (Fsp3) is 0.636. The Balaban J connectivity index is 1.95. The molecule has 1 saturated heterocycles. The second-order valence-electron chi connectivity index (χ2n) is 4.01. The summed E-state index contributed by atoms with van der Waals surface area (Å²) in [5.74, 6) is 0.693. The van der Waals surface area contributed by atoms with E-state index in [0.29, 0.717) is 12.1 Å². The molecule has 1 aromatic heterocycles. The Morgan fingerprint density at radius 3 is 3.13 bits per heavy atom. The van der Waals surface area contributed by atoms with Gasteiger partial charge in [0.25, 0.3) is 0 Å². The average molecular weight is 207 g/mol. The Bertz CT molecular complexity index is 323. The number of nitrogens with one attached hydrogen (secondary N) is 1. The minimum absolute atomic E-state index is 0.272. The van der Waals surface area contributed by atoms with Crippen LogP contribution in [0, 0.1) is 6.92 Å². The Morgan fingerprint density at radius 1 is 1.60 bits per heavy atom. The van der Waals surface area contributed by atoms with E-state index >= 15 is 0 Å². The van der Waals surface area contributed by atoms with Crippen LogP contribution in [0.3, 0.4) is 0 Å². The van der Waals surface area contributed by atoms with Gasteiger partial charge in [0.05, 0.1) is 12.1 Å². The Labute approximate surface area is 90.1 Å². The molecule has 0 aromatic carbocycles. The third-order valence-electron chi connectivity index (χ3n) is 2.67. The number of hydrogen-bond acceptors (Lipinski definition) is 4. The first-order valence-corrected chi connectivity index (χ1v) is 5.43. The summed E-state index contributed by atoms with van der Waals surface area (Å²) in [5.41, 5.74) is 0.979. The van der Waals surface area contributed by atoms with Crippen molar-refractivity contribution in [1.29, 1.82) is 0 Å². The molecule has 0 radical (unpaired) electrons. The van der Waals surface area contributed by atoms with E-state index < -0.39 is 0 Å². The lowest BCUT2D eigenvalue weighted by Crippen LogP contribution is -2.30. The van der Waals surface area contributed by atoms with Gasteiger partial charge in [0, 0.05) is 18.5 Å². The maximum atomic E-state index is 5.60. The number of nitrogens with zero attached hydrogens (tertiary/aromatic N) is 2. The van der Waals surface area contributed by atoms with E-state index in [1.165, 1.54) is 0 Å². The molecule has 82 valence electrons. The number of ether oxygens (including phenoxy) is 1. The summed E-state index contributed by atoms with van der Waals surface area (Å²) in [6.07, 6.45) is 4.35. The van der Waals surface area contributed by atoms with Gasteiger partial charge in [-0.2, -0.15) is 0 Å². The third kappa shape index (κ3) is 2.65. The number of aryl methyl sites for hydroxylation is 1. The summed E-state index contributed by atoms with van der Waals surface area (Å²) in [6, 6.07) is 2.16. The van der Waals surface area contributed by atoms with E-state index in [1.807, 2.05) is 13.0 Å². The third-order valence-corrected chi connectivity index (χ3v) is 2.67. The van der Waals surface area contributed by atoms with E-state index in [-0.39, 0.29) is 6.04 Å². The molecule has 2 atom stereocenters. The van der Waals surface area contributed by atoms with Crippen LogP contribution in [0.25, 0.3) is 0 Å². The number of aromatic nitrogens is 2. The topological polar surface area (TPSA) is 47.0 Å². The highest BCUT2D eigenvalue weighted by Gasteiger charge is 2.22. The highest BCUT2D eigenvalue weighted by Crippen LogP contribution is 2.17. The van der Waals surface area contributed by atoms with Gasteiger partial charge in [0.2, 0.25) is 5.95 Å². The van der Waals surface area contributed by atoms with Gasteiger partial charge in [-0.3, -0.25) is 0 Å². The van der Waals surface area contributed by atoms with Crippen molar-refractivity contribution < 1.29 is 4.74 Å². The largest absolute Gasteiger partial charge is 0.376 e. The van der Waals surface area contributed by atoms with Crippen molar-refractivity contribution in [1.82, 2.24) is 9.97 Å². The average Bonchev–Trinajstić information content (AvgIpc) is 2.70. The Hall–Kier alpha value is -1.16. The van der Waals surface area contributed by atoms with Crippen LogP contribution in [0.5, 0.6) is 0 Å². The smallest absolute Gasteiger partial charge is 0.223 e. The molecule has 0 amide bonds. The molecule has 1 fully saturated rings. The fourth-order valence-corrected chi connectivity index (χ4v) is 1.81. The molecule has 0 aliphatic carbocycles. The van der Waals surface area contributed by atoms with E-state index in [2.05, 4.69) is 22.2 Å². The Morgan fingerprint density at radius 2 is 2.47 bits per heavy atom. The molecule has 15 heavy (non-hydrogen) atoms. The molecule has 2 rings (SSSR count). The standard InChI is InChI=1S/C11H17N3O/c1-8-5-6-12-11(13-8)14-9(2)10-4-3-7-15-10/h5-6,9-10H,3-4,7H2,1-2H3,(H,12,13,14).